The zero-order chi connectivity index (χ0) is 28.7. The molecular formula is C33H65NO5. The van der Waals surface area contributed by atoms with Gasteiger partial charge >= 0.3 is 11.9 Å². The van der Waals surface area contributed by atoms with Gasteiger partial charge in [-0.1, -0.05) is 104 Å². The van der Waals surface area contributed by atoms with Gasteiger partial charge in [-0.3, -0.25) is 9.59 Å². The Kier molecular flexibility index (Phi) is 30.5. The summed E-state index contributed by atoms with van der Waals surface area (Å²) in [5.41, 5.74) is 0. The van der Waals surface area contributed by atoms with Crippen molar-refractivity contribution in [2.24, 2.45) is 0 Å². The molecular weight excluding hydrogens is 490 g/mol. The SMILES string of the molecule is CCCCCCCCCOC(=O)CCCCCN(CCCO)CCCCCC(=O)OCCCCCCCCC. The molecule has 0 saturated heterocycles. The van der Waals surface area contributed by atoms with Gasteiger partial charge in [-0.25, -0.2) is 0 Å². The molecule has 39 heavy (non-hydrogen) atoms. The fraction of sp³-hybridized carbons (Fsp3) is 0.939. The zero-order valence-electron chi connectivity index (χ0n) is 26.0. The van der Waals surface area contributed by atoms with E-state index in [9.17, 15) is 14.7 Å². The minimum absolute atomic E-state index is 0.0564. The van der Waals surface area contributed by atoms with Crippen LogP contribution >= 0.6 is 0 Å². The van der Waals surface area contributed by atoms with E-state index in [-0.39, 0.29) is 18.5 Å². The van der Waals surface area contributed by atoms with Crippen molar-refractivity contribution in [1.29, 1.82) is 0 Å². The predicted octanol–water partition coefficient (Wildman–Crippen LogP) is 8.38. The Labute approximate surface area is 242 Å². The third kappa shape index (κ3) is 29.7. The number of ether oxygens (including phenoxy) is 2. The molecule has 0 heterocycles. The van der Waals surface area contributed by atoms with Crippen LogP contribution in [-0.4, -0.2) is 61.4 Å². The van der Waals surface area contributed by atoms with Crippen molar-refractivity contribution in [1.82, 2.24) is 4.90 Å². The number of aliphatic hydroxyl groups is 1. The Balaban J connectivity index is 3.70. The highest BCUT2D eigenvalue weighted by Gasteiger charge is 2.08. The Morgan fingerprint density at radius 1 is 0.487 bits per heavy atom. The number of carbonyl (C=O) groups is 2. The van der Waals surface area contributed by atoms with Crippen LogP contribution in [0.4, 0.5) is 0 Å². The number of carbonyl (C=O) groups excluding carboxylic acids is 2. The molecule has 6 heteroatoms. The molecule has 0 bridgehead atoms. The molecule has 0 amide bonds. The van der Waals surface area contributed by atoms with E-state index in [4.69, 9.17) is 9.47 Å². The molecule has 0 aliphatic heterocycles. The maximum Gasteiger partial charge on any atom is 0.305 e. The van der Waals surface area contributed by atoms with E-state index in [2.05, 4.69) is 18.7 Å². The average molecular weight is 556 g/mol. The second kappa shape index (κ2) is 31.4. The van der Waals surface area contributed by atoms with Crippen molar-refractivity contribution in [3.63, 3.8) is 0 Å². The topological polar surface area (TPSA) is 76.1 Å². The summed E-state index contributed by atoms with van der Waals surface area (Å²) in [7, 11) is 0. The van der Waals surface area contributed by atoms with Crippen LogP contribution in [-0.2, 0) is 19.1 Å². The quantitative estimate of drug-likeness (QED) is 0.0684. The largest absolute Gasteiger partial charge is 0.466 e. The highest BCUT2D eigenvalue weighted by Crippen LogP contribution is 2.10. The molecule has 1 N–H and O–H groups in total. The van der Waals surface area contributed by atoms with Gasteiger partial charge in [-0.05, 0) is 58.0 Å². The van der Waals surface area contributed by atoms with Crippen molar-refractivity contribution >= 4 is 11.9 Å². The van der Waals surface area contributed by atoms with Crippen LogP contribution < -0.4 is 0 Å². The summed E-state index contributed by atoms with van der Waals surface area (Å²) in [6.07, 6.45) is 24.9. The number of hydrogen-bond acceptors (Lipinski definition) is 6. The lowest BCUT2D eigenvalue weighted by atomic mass is 10.1. The van der Waals surface area contributed by atoms with Gasteiger partial charge in [0.15, 0.2) is 0 Å². The van der Waals surface area contributed by atoms with Crippen molar-refractivity contribution in [2.75, 3.05) is 39.5 Å². The standard InChI is InChI=1S/C33H65NO5/c1-3-5-7-9-11-13-21-30-38-32(36)24-17-15-19-26-34(28-23-29-35)27-20-16-18-25-33(37)39-31-22-14-12-10-8-6-4-2/h35H,3-31H2,1-2H3. The maximum atomic E-state index is 11.9. The highest BCUT2D eigenvalue weighted by atomic mass is 16.5. The Hall–Kier alpha value is -1.14. The Bertz CT molecular complexity index is 486. The summed E-state index contributed by atoms with van der Waals surface area (Å²) < 4.78 is 10.8. The van der Waals surface area contributed by atoms with E-state index in [1.165, 1.54) is 64.2 Å². The Morgan fingerprint density at radius 3 is 1.26 bits per heavy atom. The summed E-state index contributed by atoms with van der Waals surface area (Å²) in [5.74, 6) is -0.113. The molecule has 0 unspecified atom stereocenters. The lowest BCUT2D eigenvalue weighted by Gasteiger charge is -2.22. The second-order valence-corrected chi connectivity index (χ2v) is 11.2. The summed E-state index contributed by atoms with van der Waals surface area (Å²) in [6, 6.07) is 0. The van der Waals surface area contributed by atoms with Crippen molar-refractivity contribution in [3.05, 3.63) is 0 Å². The average Bonchev–Trinajstić information content (AvgIpc) is 2.93. The summed E-state index contributed by atoms with van der Waals surface area (Å²) in [4.78, 5) is 26.3. The molecule has 0 aromatic rings. The van der Waals surface area contributed by atoms with E-state index in [0.29, 0.717) is 26.1 Å². The number of hydrogen-bond donors (Lipinski definition) is 1. The van der Waals surface area contributed by atoms with Gasteiger partial charge in [0.1, 0.15) is 0 Å². The van der Waals surface area contributed by atoms with Crippen LogP contribution in [0.3, 0.4) is 0 Å². The normalized spacial score (nSPS) is 11.3. The van der Waals surface area contributed by atoms with Crippen molar-refractivity contribution < 1.29 is 24.2 Å². The van der Waals surface area contributed by atoms with E-state index >= 15 is 0 Å². The smallest absolute Gasteiger partial charge is 0.305 e. The minimum atomic E-state index is -0.0564. The number of esters is 2. The monoisotopic (exact) mass is 555 g/mol. The molecule has 0 aliphatic carbocycles. The summed E-state index contributed by atoms with van der Waals surface area (Å²) in [6.45, 7) is 8.70. The zero-order valence-corrected chi connectivity index (χ0v) is 26.0. The van der Waals surface area contributed by atoms with E-state index in [1.807, 2.05) is 0 Å². The highest BCUT2D eigenvalue weighted by molar-refractivity contribution is 5.69. The molecule has 0 radical (unpaired) electrons. The summed E-state index contributed by atoms with van der Waals surface area (Å²) >= 11 is 0. The molecule has 0 rings (SSSR count). The first-order valence-corrected chi connectivity index (χ1v) is 16.8. The lowest BCUT2D eigenvalue weighted by Crippen LogP contribution is -2.28. The third-order valence-electron chi connectivity index (χ3n) is 7.36. The Morgan fingerprint density at radius 2 is 0.846 bits per heavy atom. The van der Waals surface area contributed by atoms with Crippen LogP contribution in [0.1, 0.15) is 162 Å². The van der Waals surface area contributed by atoms with Gasteiger partial charge in [0.05, 0.1) is 13.2 Å². The predicted molar refractivity (Wildman–Crippen MR) is 163 cm³/mol. The number of aliphatic hydroxyl groups excluding tert-OH is 1. The van der Waals surface area contributed by atoms with E-state index < -0.39 is 0 Å². The fourth-order valence-corrected chi connectivity index (χ4v) is 4.83. The van der Waals surface area contributed by atoms with Crippen LogP contribution in [0.2, 0.25) is 0 Å². The number of rotatable bonds is 31. The first-order valence-electron chi connectivity index (χ1n) is 16.8. The van der Waals surface area contributed by atoms with Gasteiger partial charge in [-0.2, -0.15) is 0 Å². The van der Waals surface area contributed by atoms with Crippen LogP contribution in [0.5, 0.6) is 0 Å². The molecule has 232 valence electrons. The molecule has 0 atom stereocenters. The fourth-order valence-electron chi connectivity index (χ4n) is 4.83. The minimum Gasteiger partial charge on any atom is -0.466 e. The van der Waals surface area contributed by atoms with E-state index in [1.54, 1.807) is 0 Å². The van der Waals surface area contributed by atoms with Gasteiger partial charge in [0.25, 0.3) is 0 Å². The molecule has 0 fully saturated rings. The molecule has 6 nitrogen and oxygen atoms in total. The van der Waals surface area contributed by atoms with Crippen molar-refractivity contribution in [3.8, 4) is 0 Å². The first-order chi connectivity index (χ1) is 19.1. The van der Waals surface area contributed by atoms with Gasteiger partial charge in [-0.15, -0.1) is 0 Å². The lowest BCUT2D eigenvalue weighted by molar-refractivity contribution is -0.144. The number of unbranched alkanes of at least 4 members (excludes halogenated alkanes) is 16. The molecule has 0 aromatic carbocycles. The van der Waals surface area contributed by atoms with Crippen molar-refractivity contribution in [2.45, 2.75) is 162 Å². The maximum absolute atomic E-state index is 11.9. The molecule has 0 spiro atoms. The van der Waals surface area contributed by atoms with E-state index in [0.717, 1.165) is 90.3 Å². The van der Waals surface area contributed by atoms with Crippen LogP contribution in [0.25, 0.3) is 0 Å². The molecule has 0 aliphatic rings. The van der Waals surface area contributed by atoms with Gasteiger partial charge < -0.3 is 19.5 Å². The second-order valence-electron chi connectivity index (χ2n) is 11.2. The molecule has 0 saturated carbocycles. The third-order valence-corrected chi connectivity index (χ3v) is 7.36. The van der Waals surface area contributed by atoms with Crippen LogP contribution in [0.15, 0.2) is 0 Å². The molecule has 0 aromatic heterocycles. The number of nitrogens with zero attached hydrogens (tertiary/aromatic N) is 1. The first kappa shape index (κ1) is 37.9. The van der Waals surface area contributed by atoms with Crippen LogP contribution in [0, 0.1) is 0 Å². The van der Waals surface area contributed by atoms with Gasteiger partial charge in [0, 0.05) is 26.0 Å². The van der Waals surface area contributed by atoms with Gasteiger partial charge in [0.2, 0.25) is 0 Å². The summed E-state index contributed by atoms with van der Waals surface area (Å²) in [5, 5.41) is 9.23.